The van der Waals surface area contributed by atoms with Gasteiger partial charge in [-0.3, -0.25) is 0 Å². The summed E-state index contributed by atoms with van der Waals surface area (Å²) in [6.45, 7) is 7.55. The van der Waals surface area contributed by atoms with E-state index in [1.54, 1.807) is 0 Å². The normalized spacial score (nSPS) is 13.8. The van der Waals surface area contributed by atoms with Crippen molar-refractivity contribution in [1.82, 2.24) is 5.32 Å². The van der Waals surface area contributed by atoms with Gasteiger partial charge < -0.3 is 10.4 Å². The maximum Gasteiger partial charge on any atom is 0.0669 e. The van der Waals surface area contributed by atoms with Crippen LogP contribution in [-0.2, 0) is 0 Å². The van der Waals surface area contributed by atoms with Crippen LogP contribution >= 0.6 is 0 Å². The first kappa shape index (κ1) is 12.4. The molecule has 0 rings (SSSR count). The summed E-state index contributed by atoms with van der Waals surface area (Å²) >= 11 is 0. The molecule has 3 heteroatoms. The zero-order valence-corrected chi connectivity index (χ0v) is 8.80. The van der Waals surface area contributed by atoms with Gasteiger partial charge in [0, 0.05) is 19.5 Å². The highest BCUT2D eigenvalue weighted by atomic mass is 16.3. The van der Waals surface area contributed by atoms with Crippen molar-refractivity contribution >= 4 is 0 Å². The summed E-state index contributed by atoms with van der Waals surface area (Å²) in [5, 5.41) is 20.8. The Bertz CT molecular complexity index is 167. The molecule has 0 saturated heterocycles. The largest absolute Gasteiger partial charge is 0.392 e. The van der Waals surface area contributed by atoms with Crippen molar-refractivity contribution < 1.29 is 5.11 Å². The molecule has 0 aliphatic heterocycles. The Morgan fingerprint density at radius 2 is 2.08 bits per heavy atom. The van der Waals surface area contributed by atoms with Crippen LogP contribution in [0.5, 0.6) is 0 Å². The van der Waals surface area contributed by atoms with Crippen molar-refractivity contribution in [2.24, 2.45) is 5.41 Å². The molecule has 0 aliphatic rings. The third-order valence-electron chi connectivity index (χ3n) is 1.64. The Balaban J connectivity index is 3.42. The number of aliphatic hydroxyl groups is 1. The standard InChI is InChI=1S/C10H20N2O/c1-10(2,3)7-9(13)8-12-6-4-5-11/h9,12-13H,4,6-8H2,1-3H3. The number of hydrogen-bond donors (Lipinski definition) is 2. The molecule has 0 saturated carbocycles. The van der Waals surface area contributed by atoms with Gasteiger partial charge in [0.25, 0.3) is 0 Å². The number of nitrogens with zero attached hydrogens (tertiary/aromatic N) is 1. The average Bonchev–Trinajstić information content (AvgIpc) is 1.94. The lowest BCUT2D eigenvalue weighted by atomic mass is 9.89. The zero-order chi connectivity index (χ0) is 10.3. The monoisotopic (exact) mass is 184 g/mol. The molecular weight excluding hydrogens is 164 g/mol. The highest BCUT2D eigenvalue weighted by Gasteiger charge is 2.15. The Morgan fingerprint density at radius 1 is 1.46 bits per heavy atom. The molecule has 0 fully saturated rings. The summed E-state index contributed by atoms with van der Waals surface area (Å²) in [7, 11) is 0. The van der Waals surface area contributed by atoms with Crippen LogP contribution in [0.25, 0.3) is 0 Å². The number of rotatable bonds is 5. The van der Waals surface area contributed by atoms with Gasteiger partial charge in [-0.2, -0.15) is 5.26 Å². The SMILES string of the molecule is CC(C)(C)CC(O)CNCCC#N. The van der Waals surface area contributed by atoms with E-state index in [0.717, 1.165) is 6.42 Å². The highest BCUT2D eigenvalue weighted by Crippen LogP contribution is 2.20. The van der Waals surface area contributed by atoms with Crippen LogP contribution < -0.4 is 5.32 Å². The minimum atomic E-state index is -0.307. The van der Waals surface area contributed by atoms with Gasteiger partial charge in [-0.1, -0.05) is 20.8 Å². The highest BCUT2D eigenvalue weighted by molar-refractivity contribution is 4.73. The van der Waals surface area contributed by atoms with Crippen LogP contribution in [0.4, 0.5) is 0 Å². The van der Waals surface area contributed by atoms with Crippen molar-refractivity contribution in [3.8, 4) is 6.07 Å². The van der Waals surface area contributed by atoms with Crippen molar-refractivity contribution in [2.45, 2.75) is 39.7 Å². The fourth-order valence-corrected chi connectivity index (χ4v) is 1.19. The second kappa shape index (κ2) is 5.95. The fraction of sp³-hybridized carbons (Fsp3) is 0.900. The molecule has 13 heavy (non-hydrogen) atoms. The van der Waals surface area contributed by atoms with Gasteiger partial charge in [-0.25, -0.2) is 0 Å². The van der Waals surface area contributed by atoms with Gasteiger partial charge in [-0.05, 0) is 11.8 Å². The van der Waals surface area contributed by atoms with Gasteiger partial charge >= 0.3 is 0 Å². The summed E-state index contributed by atoms with van der Waals surface area (Å²) in [5.74, 6) is 0. The predicted molar refractivity (Wildman–Crippen MR) is 53.2 cm³/mol. The van der Waals surface area contributed by atoms with Gasteiger partial charge in [0.15, 0.2) is 0 Å². The first-order valence-electron chi connectivity index (χ1n) is 4.71. The molecule has 1 unspecified atom stereocenters. The van der Waals surface area contributed by atoms with Crippen LogP contribution in [-0.4, -0.2) is 24.3 Å². The van der Waals surface area contributed by atoms with E-state index in [-0.39, 0.29) is 11.5 Å². The molecule has 0 aromatic heterocycles. The molecule has 76 valence electrons. The number of hydrogen-bond acceptors (Lipinski definition) is 3. The maximum atomic E-state index is 9.54. The first-order valence-corrected chi connectivity index (χ1v) is 4.71. The summed E-state index contributed by atoms with van der Waals surface area (Å²) in [6, 6.07) is 2.05. The predicted octanol–water partition coefficient (Wildman–Crippen LogP) is 1.29. The van der Waals surface area contributed by atoms with Crippen LogP contribution in [0.2, 0.25) is 0 Å². The van der Waals surface area contributed by atoms with E-state index in [2.05, 4.69) is 26.1 Å². The van der Waals surface area contributed by atoms with E-state index >= 15 is 0 Å². The summed E-state index contributed by atoms with van der Waals surface area (Å²) in [4.78, 5) is 0. The lowest BCUT2D eigenvalue weighted by Crippen LogP contribution is -2.30. The molecule has 0 radical (unpaired) electrons. The van der Waals surface area contributed by atoms with Crippen LogP contribution in [0.3, 0.4) is 0 Å². The molecule has 0 aromatic rings. The topological polar surface area (TPSA) is 56.0 Å². The average molecular weight is 184 g/mol. The van der Waals surface area contributed by atoms with E-state index in [4.69, 9.17) is 5.26 Å². The lowest BCUT2D eigenvalue weighted by molar-refractivity contribution is 0.120. The van der Waals surface area contributed by atoms with Gasteiger partial charge in [-0.15, -0.1) is 0 Å². The second-order valence-corrected chi connectivity index (χ2v) is 4.53. The molecule has 0 aliphatic carbocycles. The Labute approximate surface area is 80.8 Å². The van der Waals surface area contributed by atoms with E-state index < -0.39 is 0 Å². The van der Waals surface area contributed by atoms with Crippen LogP contribution in [0.15, 0.2) is 0 Å². The smallest absolute Gasteiger partial charge is 0.0669 e. The van der Waals surface area contributed by atoms with Crippen molar-refractivity contribution in [2.75, 3.05) is 13.1 Å². The summed E-state index contributed by atoms with van der Waals surface area (Å²) in [5.41, 5.74) is 0.163. The maximum absolute atomic E-state index is 9.54. The molecule has 0 amide bonds. The molecule has 0 bridgehead atoms. The summed E-state index contributed by atoms with van der Waals surface area (Å²) in [6.07, 6.45) is 0.980. The fourth-order valence-electron chi connectivity index (χ4n) is 1.19. The van der Waals surface area contributed by atoms with Gasteiger partial charge in [0.05, 0.1) is 12.2 Å². The first-order chi connectivity index (χ1) is 5.95. The van der Waals surface area contributed by atoms with Crippen molar-refractivity contribution in [3.63, 3.8) is 0 Å². The Morgan fingerprint density at radius 3 is 2.54 bits per heavy atom. The van der Waals surface area contributed by atoms with Gasteiger partial charge in [0.1, 0.15) is 0 Å². The Kier molecular flexibility index (Phi) is 5.68. The molecule has 0 aromatic carbocycles. The van der Waals surface area contributed by atoms with E-state index in [1.165, 1.54) is 0 Å². The van der Waals surface area contributed by atoms with Crippen LogP contribution in [0, 0.1) is 16.7 Å². The third kappa shape index (κ3) is 9.32. The zero-order valence-electron chi connectivity index (χ0n) is 8.80. The van der Waals surface area contributed by atoms with Crippen molar-refractivity contribution in [1.29, 1.82) is 5.26 Å². The Hall–Kier alpha value is -0.590. The molecule has 1 atom stereocenters. The van der Waals surface area contributed by atoms with Crippen LogP contribution in [0.1, 0.15) is 33.6 Å². The number of aliphatic hydroxyl groups excluding tert-OH is 1. The van der Waals surface area contributed by atoms with E-state index in [0.29, 0.717) is 19.5 Å². The third-order valence-corrected chi connectivity index (χ3v) is 1.64. The summed E-state index contributed by atoms with van der Waals surface area (Å²) < 4.78 is 0. The quantitative estimate of drug-likeness (QED) is 0.633. The minimum Gasteiger partial charge on any atom is -0.392 e. The van der Waals surface area contributed by atoms with Crippen molar-refractivity contribution in [3.05, 3.63) is 0 Å². The number of nitriles is 1. The second-order valence-electron chi connectivity index (χ2n) is 4.53. The molecule has 0 heterocycles. The molecule has 2 N–H and O–H groups in total. The minimum absolute atomic E-state index is 0.163. The molecule has 3 nitrogen and oxygen atoms in total. The lowest BCUT2D eigenvalue weighted by Gasteiger charge is -2.22. The van der Waals surface area contributed by atoms with Gasteiger partial charge in [0.2, 0.25) is 0 Å². The molecular formula is C10H20N2O. The number of nitrogens with one attached hydrogen (secondary N) is 1. The van der Waals surface area contributed by atoms with E-state index in [1.807, 2.05) is 6.07 Å². The molecule has 0 spiro atoms. The van der Waals surface area contributed by atoms with E-state index in [9.17, 15) is 5.11 Å².